The zero-order valence-electron chi connectivity index (χ0n) is 10.9. The average molecular weight is 363 g/mol. The second kappa shape index (κ2) is 5.28. The number of halogens is 6. The van der Waals surface area contributed by atoms with Crippen LogP contribution in [0, 0.1) is 0 Å². The summed E-state index contributed by atoms with van der Waals surface area (Å²) in [7, 11) is -5.96. The lowest BCUT2D eigenvalue weighted by Crippen LogP contribution is -2.40. The summed E-state index contributed by atoms with van der Waals surface area (Å²) in [5.41, 5.74) is -6.25. The Morgan fingerprint density at radius 1 is 1.13 bits per heavy atom. The van der Waals surface area contributed by atoms with Crippen LogP contribution in [0.25, 0.3) is 0 Å². The molecular weight excluding hydrogens is 356 g/mol. The third-order valence-corrected chi connectivity index (χ3v) is 3.92. The van der Waals surface area contributed by atoms with Gasteiger partial charge in [-0.1, -0.05) is 6.07 Å². The molecule has 0 fully saturated rings. The highest BCUT2D eigenvalue weighted by molar-refractivity contribution is 7.88. The van der Waals surface area contributed by atoms with Crippen LogP contribution in [0.4, 0.5) is 32.0 Å². The number of fused-ring (bicyclic) bond motifs is 1. The van der Waals surface area contributed by atoms with Crippen LogP contribution in [-0.2, 0) is 21.3 Å². The van der Waals surface area contributed by atoms with Crippen molar-refractivity contribution in [3.05, 3.63) is 23.8 Å². The number of benzene rings is 1. The second-order valence-corrected chi connectivity index (χ2v) is 5.98. The molecule has 0 radical (unpaired) electrons. The smallest absolute Gasteiger partial charge is 0.376 e. The van der Waals surface area contributed by atoms with Gasteiger partial charge in [-0.3, -0.25) is 4.79 Å². The van der Waals surface area contributed by atoms with Crippen molar-refractivity contribution in [1.82, 2.24) is 0 Å². The Morgan fingerprint density at radius 3 is 2.26 bits per heavy atom. The molecule has 0 saturated heterocycles. The van der Waals surface area contributed by atoms with Crippen LogP contribution in [0.5, 0.6) is 5.75 Å². The Hall–Kier alpha value is -1.98. The van der Waals surface area contributed by atoms with Gasteiger partial charge in [0, 0.05) is 12.1 Å². The molecule has 23 heavy (non-hydrogen) atoms. The molecule has 128 valence electrons. The van der Waals surface area contributed by atoms with Crippen molar-refractivity contribution in [2.75, 3.05) is 11.4 Å². The molecule has 0 saturated carbocycles. The summed E-state index contributed by atoms with van der Waals surface area (Å²) in [5.74, 6) is -2.97. The zero-order valence-corrected chi connectivity index (χ0v) is 11.7. The van der Waals surface area contributed by atoms with Gasteiger partial charge in [-0.15, -0.1) is 0 Å². The lowest BCUT2D eigenvalue weighted by molar-refractivity contribution is -0.170. The van der Waals surface area contributed by atoms with E-state index >= 15 is 0 Å². The largest absolute Gasteiger partial charge is 0.534 e. The van der Waals surface area contributed by atoms with E-state index in [-0.39, 0.29) is 17.7 Å². The van der Waals surface area contributed by atoms with E-state index in [1.54, 1.807) is 0 Å². The van der Waals surface area contributed by atoms with Gasteiger partial charge in [0.2, 0.25) is 0 Å². The summed E-state index contributed by atoms with van der Waals surface area (Å²) in [6.07, 6.45) is -5.45. The molecule has 0 unspecified atom stereocenters. The minimum atomic E-state index is -5.96. The van der Waals surface area contributed by atoms with Crippen molar-refractivity contribution in [3.8, 4) is 5.75 Å². The first-order chi connectivity index (χ1) is 10.3. The van der Waals surface area contributed by atoms with Crippen LogP contribution in [0.15, 0.2) is 18.2 Å². The second-order valence-electron chi connectivity index (χ2n) is 4.44. The third kappa shape index (κ3) is 3.21. The number of carbonyl (C=O) groups excluding carboxylic acids is 1. The van der Waals surface area contributed by atoms with Crippen molar-refractivity contribution >= 4 is 21.7 Å². The molecule has 0 atom stereocenters. The van der Waals surface area contributed by atoms with E-state index in [1.807, 2.05) is 0 Å². The van der Waals surface area contributed by atoms with E-state index < -0.39 is 40.0 Å². The first kappa shape index (κ1) is 17.4. The van der Waals surface area contributed by atoms with Crippen LogP contribution in [0.1, 0.15) is 5.56 Å². The van der Waals surface area contributed by atoms with E-state index in [1.165, 1.54) is 0 Å². The minimum absolute atomic E-state index is 0.224. The predicted molar refractivity (Wildman–Crippen MR) is 64.2 cm³/mol. The molecule has 0 spiro atoms. The summed E-state index contributed by atoms with van der Waals surface area (Å²) >= 11 is 0. The van der Waals surface area contributed by atoms with Crippen molar-refractivity contribution < 1.29 is 43.7 Å². The van der Waals surface area contributed by atoms with E-state index in [4.69, 9.17) is 0 Å². The average Bonchev–Trinajstić information content (AvgIpc) is 2.79. The summed E-state index contributed by atoms with van der Waals surface area (Å²) in [5, 5.41) is 0. The molecule has 1 aromatic rings. The Kier molecular flexibility index (Phi) is 3.99. The molecule has 2 rings (SSSR count). The van der Waals surface area contributed by atoms with Gasteiger partial charge in [0.25, 0.3) is 0 Å². The number of alkyl halides is 6. The van der Waals surface area contributed by atoms with Crippen LogP contribution in [0.2, 0.25) is 0 Å². The Morgan fingerprint density at radius 2 is 1.74 bits per heavy atom. The summed E-state index contributed by atoms with van der Waals surface area (Å²) < 4.78 is 100. The SMILES string of the molecule is O=C(N1CCc2c(OS(=O)(=O)C(F)(F)F)cccc21)C(F)(F)F. The third-order valence-electron chi connectivity index (χ3n) is 2.96. The van der Waals surface area contributed by atoms with Crippen LogP contribution >= 0.6 is 0 Å². The van der Waals surface area contributed by atoms with Crippen molar-refractivity contribution in [2.24, 2.45) is 0 Å². The normalized spacial score (nSPS) is 15.5. The Labute approximate surface area is 125 Å². The number of rotatable bonds is 2. The number of hydrogen-bond donors (Lipinski definition) is 0. The van der Waals surface area contributed by atoms with Gasteiger partial charge in [0.15, 0.2) is 0 Å². The fourth-order valence-electron chi connectivity index (χ4n) is 2.01. The molecule has 1 heterocycles. The van der Waals surface area contributed by atoms with E-state index in [0.29, 0.717) is 4.90 Å². The highest BCUT2D eigenvalue weighted by Crippen LogP contribution is 2.39. The van der Waals surface area contributed by atoms with Gasteiger partial charge >= 0.3 is 27.7 Å². The number of amides is 1. The van der Waals surface area contributed by atoms with E-state index in [9.17, 15) is 39.6 Å². The first-order valence-corrected chi connectivity index (χ1v) is 7.27. The molecule has 0 aromatic heterocycles. The van der Waals surface area contributed by atoms with E-state index in [2.05, 4.69) is 4.18 Å². The van der Waals surface area contributed by atoms with Crippen molar-refractivity contribution in [2.45, 2.75) is 18.1 Å². The number of carbonyl (C=O) groups is 1. The summed E-state index contributed by atoms with van der Waals surface area (Å²) in [6, 6.07) is 2.91. The fourth-order valence-corrected chi connectivity index (χ4v) is 2.50. The maximum Gasteiger partial charge on any atom is 0.534 e. The molecule has 0 N–H and O–H groups in total. The minimum Gasteiger partial charge on any atom is -0.376 e. The quantitative estimate of drug-likeness (QED) is 0.460. The summed E-state index contributed by atoms with van der Waals surface area (Å²) in [4.78, 5) is 11.6. The zero-order chi connectivity index (χ0) is 17.6. The van der Waals surface area contributed by atoms with Gasteiger partial charge in [0.1, 0.15) is 5.75 Å². The van der Waals surface area contributed by atoms with Crippen LogP contribution in [-0.4, -0.2) is 32.6 Å². The lowest BCUT2D eigenvalue weighted by atomic mass is 10.1. The Bertz CT molecular complexity index is 740. The monoisotopic (exact) mass is 363 g/mol. The molecule has 12 heteroatoms. The highest BCUT2D eigenvalue weighted by Gasteiger charge is 2.49. The molecule has 1 aliphatic heterocycles. The lowest BCUT2D eigenvalue weighted by Gasteiger charge is -2.19. The molecule has 0 aliphatic carbocycles. The molecule has 5 nitrogen and oxygen atoms in total. The Balaban J connectivity index is 2.40. The van der Waals surface area contributed by atoms with Gasteiger partial charge in [-0.25, -0.2) is 0 Å². The van der Waals surface area contributed by atoms with Gasteiger partial charge in [-0.2, -0.15) is 34.8 Å². The molecule has 1 aromatic carbocycles. The maximum absolute atomic E-state index is 12.5. The molecule has 1 amide bonds. The van der Waals surface area contributed by atoms with Crippen molar-refractivity contribution in [1.29, 1.82) is 0 Å². The predicted octanol–water partition coefficient (Wildman–Crippen LogP) is 2.37. The van der Waals surface area contributed by atoms with Gasteiger partial charge in [-0.05, 0) is 18.6 Å². The van der Waals surface area contributed by atoms with Gasteiger partial charge in [0.05, 0.1) is 5.69 Å². The number of anilines is 1. The number of nitrogens with zero attached hydrogens (tertiary/aromatic N) is 1. The summed E-state index contributed by atoms with van der Waals surface area (Å²) in [6.45, 7) is -0.458. The maximum atomic E-state index is 12.5. The first-order valence-electron chi connectivity index (χ1n) is 5.86. The fraction of sp³-hybridized carbons (Fsp3) is 0.364. The molecule has 0 bridgehead atoms. The van der Waals surface area contributed by atoms with Crippen molar-refractivity contribution in [3.63, 3.8) is 0 Å². The van der Waals surface area contributed by atoms with Crippen LogP contribution < -0.4 is 9.08 Å². The van der Waals surface area contributed by atoms with Crippen LogP contribution in [0.3, 0.4) is 0 Å². The molecular formula is C11H7F6NO4S. The van der Waals surface area contributed by atoms with Gasteiger partial charge < -0.3 is 9.08 Å². The van der Waals surface area contributed by atoms with E-state index in [0.717, 1.165) is 18.2 Å². The highest BCUT2D eigenvalue weighted by atomic mass is 32.2. The molecule has 1 aliphatic rings. The number of hydrogen-bond acceptors (Lipinski definition) is 4. The topological polar surface area (TPSA) is 63.7 Å². The standard InChI is InChI=1S/C11H7F6NO4S/c12-10(13,14)9(19)18-5-4-6-7(18)2-1-3-8(6)22-23(20,21)11(15,16)17/h1-3H,4-5H2.